The minimum atomic E-state index is 0.156. The Morgan fingerprint density at radius 1 is 1.03 bits per heavy atom. The second kappa shape index (κ2) is 9.44. The average molecular weight is 513 g/mol. The van der Waals surface area contributed by atoms with E-state index in [1.807, 2.05) is 36.4 Å². The van der Waals surface area contributed by atoms with Crippen LogP contribution in [-0.2, 0) is 6.42 Å². The number of aromatic hydroxyl groups is 1. The zero-order chi connectivity index (χ0) is 25.5. The van der Waals surface area contributed by atoms with Gasteiger partial charge in [-0.3, -0.25) is 0 Å². The minimum absolute atomic E-state index is 0.156. The molecule has 0 bridgehead atoms. The van der Waals surface area contributed by atoms with Gasteiger partial charge < -0.3 is 14.5 Å². The van der Waals surface area contributed by atoms with E-state index >= 15 is 0 Å². The van der Waals surface area contributed by atoms with Crippen molar-refractivity contribution < 1.29 is 9.63 Å². The van der Waals surface area contributed by atoms with Gasteiger partial charge in [-0.15, -0.1) is 10.2 Å². The largest absolute Gasteiger partial charge is 0.507 e. The molecule has 0 spiro atoms. The van der Waals surface area contributed by atoms with Gasteiger partial charge in [0.05, 0.1) is 16.2 Å². The lowest BCUT2D eigenvalue weighted by Gasteiger charge is -2.40. The van der Waals surface area contributed by atoms with Crippen molar-refractivity contribution in [1.82, 2.24) is 25.3 Å². The molecule has 1 saturated heterocycles. The number of fused-ring (bicyclic) bond motifs is 1. The Balaban J connectivity index is 1.18. The van der Waals surface area contributed by atoms with Crippen LogP contribution in [0.1, 0.15) is 31.1 Å². The van der Waals surface area contributed by atoms with Crippen molar-refractivity contribution in [1.29, 1.82) is 0 Å². The third kappa shape index (κ3) is 4.49. The number of para-hydroxylation sites is 1. The number of phenolic OH excluding ortho intramolecular Hbond substituents is 1. The maximum absolute atomic E-state index is 10.2. The predicted molar refractivity (Wildman–Crippen MR) is 143 cm³/mol. The molecule has 2 aromatic carbocycles. The van der Waals surface area contributed by atoms with E-state index in [0.29, 0.717) is 33.7 Å². The summed E-state index contributed by atoms with van der Waals surface area (Å²) in [6.45, 7) is 5.82. The van der Waals surface area contributed by atoms with E-state index in [9.17, 15) is 5.11 Å². The summed E-state index contributed by atoms with van der Waals surface area (Å²) in [6, 6.07) is 14.9. The number of rotatable bonds is 6. The van der Waals surface area contributed by atoms with Crippen molar-refractivity contribution in [3.05, 3.63) is 77.3 Å². The molecule has 4 heterocycles. The molecule has 186 valence electrons. The number of hydrogen-bond donors (Lipinski definition) is 1. The first-order valence-corrected chi connectivity index (χ1v) is 12.6. The number of phenols is 1. The van der Waals surface area contributed by atoms with Crippen molar-refractivity contribution in [2.24, 2.45) is 5.92 Å². The fourth-order valence-electron chi connectivity index (χ4n) is 4.64. The number of nitrogens with zero attached hydrogens (tertiary/aromatic N) is 6. The van der Waals surface area contributed by atoms with Crippen LogP contribution in [0, 0.1) is 5.92 Å². The first kappa shape index (κ1) is 23.4. The molecule has 1 aliphatic heterocycles. The Bertz CT molecular complexity index is 1580. The molecule has 0 radical (unpaired) electrons. The lowest BCUT2D eigenvalue weighted by molar-refractivity contribution is 0.370. The molecular formula is C28H25ClN6O2. The molecule has 0 amide bonds. The van der Waals surface area contributed by atoms with Gasteiger partial charge in [0.15, 0.2) is 0 Å². The van der Waals surface area contributed by atoms with Gasteiger partial charge >= 0.3 is 0 Å². The normalized spacial score (nSPS) is 13.9. The lowest BCUT2D eigenvalue weighted by Crippen LogP contribution is -2.46. The van der Waals surface area contributed by atoms with Gasteiger partial charge in [0.2, 0.25) is 5.95 Å². The molecule has 9 heteroatoms. The Morgan fingerprint density at radius 2 is 1.81 bits per heavy atom. The van der Waals surface area contributed by atoms with Crippen LogP contribution in [0.15, 0.2) is 65.4 Å². The molecule has 8 nitrogen and oxygen atoms in total. The molecule has 1 aliphatic rings. The van der Waals surface area contributed by atoms with Crippen molar-refractivity contribution in [2.45, 2.75) is 26.2 Å². The van der Waals surface area contributed by atoms with E-state index in [0.717, 1.165) is 47.5 Å². The topological polar surface area (TPSA) is 101 Å². The maximum atomic E-state index is 10.2. The molecule has 0 atom stereocenters. The maximum Gasteiger partial charge on any atom is 0.225 e. The summed E-state index contributed by atoms with van der Waals surface area (Å²) >= 11 is 6.87. The van der Waals surface area contributed by atoms with Gasteiger partial charge in [-0.25, -0.2) is 9.97 Å². The van der Waals surface area contributed by atoms with Crippen molar-refractivity contribution in [2.75, 3.05) is 18.0 Å². The third-order valence-corrected chi connectivity index (χ3v) is 7.04. The fraction of sp³-hybridized carbons (Fsp3) is 0.250. The standard InChI is InChI=1S/C28H25ClN6O2/c1-16(2)9-19-10-24(34-37-19)17-12-30-28(31-13-17)35-14-18(15-35)20-7-8-23-22(27(20)29)11-25(33-32-23)21-5-3-4-6-26(21)36/h3-8,10-13,16,18,36H,9,14-15H2,1-2H3. The van der Waals surface area contributed by atoms with E-state index in [1.54, 1.807) is 24.5 Å². The van der Waals surface area contributed by atoms with Crippen LogP contribution < -0.4 is 4.90 Å². The van der Waals surface area contributed by atoms with Gasteiger partial charge in [-0.05, 0) is 35.7 Å². The molecule has 37 heavy (non-hydrogen) atoms. The Kier molecular flexibility index (Phi) is 5.96. The molecule has 1 N–H and O–H groups in total. The highest BCUT2D eigenvalue weighted by Crippen LogP contribution is 2.38. The fourth-order valence-corrected chi connectivity index (χ4v) is 5.01. The van der Waals surface area contributed by atoms with Crippen LogP contribution in [0.4, 0.5) is 5.95 Å². The number of benzene rings is 2. The summed E-state index contributed by atoms with van der Waals surface area (Å²) in [5.74, 6) is 2.45. The highest BCUT2D eigenvalue weighted by atomic mass is 35.5. The monoisotopic (exact) mass is 512 g/mol. The van der Waals surface area contributed by atoms with Crippen molar-refractivity contribution in [3.8, 4) is 28.3 Å². The minimum Gasteiger partial charge on any atom is -0.507 e. The molecule has 3 aromatic heterocycles. The molecule has 6 rings (SSSR count). The van der Waals surface area contributed by atoms with Crippen molar-refractivity contribution >= 4 is 28.5 Å². The Morgan fingerprint density at radius 3 is 2.57 bits per heavy atom. The van der Waals surface area contributed by atoms with Crippen LogP contribution in [0.3, 0.4) is 0 Å². The predicted octanol–water partition coefficient (Wildman–Crippen LogP) is 5.90. The number of halogens is 1. The average Bonchev–Trinajstić information content (AvgIpc) is 3.33. The third-order valence-electron chi connectivity index (χ3n) is 6.62. The van der Waals surface area contributed by atoms with Crippen LogP contribution in [0.5, 0.6) is 5.75 Å². The summed E-state index contributed by atoms with van der Waals surface area (Å²) < 4.78 is 5.43. The number of hydrogen-bond acceptors (Lipinski definition) is 8. The smallest absolute Gasteiger partial charge is 0.225 e. The number of anilines is 1. The van der Waals surface area contributed by atoms with Gasteiger partial charge in [0, 0.05) is 60.4 Å². The second-order valence-corrected chi connectivity index (χ2v) is 10.2. The Hall–Kier alpha value is -4.04. The van der Waals surface area contributed by atoms with E-state index in [4.69, 9.17) is 16.1 Å². The Labute approximate surface area is 219 Å². The van der Waals surface area contributed by atoms with Crippen LogP contribution in [-0.4, -0.2) is 43.5 Å². The SMILES string of the molecule is CC(C)Cc1cc(-c2cnc(N3CC(c4ccc5nnc(-c6ccccc6O)cc5c4Cl)C3)nc2)no1. The van der Waals surface area contributed by atoms with Crippen LogP contribution in [0.2, 0.25) is 5.02 Å². The first-order valence-electron chi connectivity index (χ1n) is 12.2. The van der Waals surface area contributed by atoms with Gasteiger partial charge in [-0.1, -0.05) is 48.8 Å². The molecule has 1 fully saturated rings. The highest BCUT2D eigenvalue weighted by molar-refractivity contribution is 6.36. The summed E-state index contributed by atoms with van der Waals surface area (Å²) in [7, 11) is 0. The van der Waals surface area contributed by atoms with Gasteiger partial charge in [0.25, 0.3) is 0 Å². The highest BCUT2D eigenvalue weighted by Gasteiger charge is 2.32. The van der Waals surface area contributed by atoms with Crippen molar-refractivity contribution in [3.63, 3.8) is 0 Å². The second-order valence-electron chi connectivity index (χ2n) is 9.80. The van der Waals surface area contributed by atoms with Crippen LogP contribution in [0.25, 0.3) is 33.4 Å². The van der Waals surface area contributed by atoms with Crippen LogP contribution >= 0.6 is 11.6 Å². The van der Waals surface area contributed by atoms with E-state index < -0.39 is 0 Å². The molecule has 0 saturated carbocycles. The summed E-state index contributed by atoms with van der Waals surface area (Å²) in [6.07, 6.45) is 4.42. The zero-order valence-corrected chi connectivity index (χ0v) is 21.2. The van der Waals surface area contributed by atoms with E-state index in [1.165, 1.54) is 0 Å². The zero-order valence-electron chi connectivity index (χ0n) is 20.5. The molecule has 0 aliphatic carbocycles. The summed E-state index contributed by atoms with van der Waals surface area (Å²) in [5.41, 5.74) is 4.55. The first-order chi connectivity index (χ1) is 18.0. The van der Waals surface area contributed by atoms with E-state index in [-0.39, 0.29) is 11.7 Å². The van der Waals surface area contributed by atoms with Gasteiger partial charge in [-0.2, -0.15) is 0 Å². The molecule has 0 unspecified atom stereocenters. The molecular weight excluding hydrogens is 488 g/mol. The van der Waals surface area contributed by atoms with Gasteiger partial charge in [0.1, 0.15) is 17.2 Å². The molecule has 5 aromatic rings. The number of aromatic nitrogens is 5. The van der Waals surface area contributed by atoms with E-state index in [2.05, 4.69) is 44.1 Å². The quantitative estimate of drug-likeness (QED) is 0.300. The summed E-state index contributed by atoms with van der Waals surface area (Å²) in [5, 5.41) is 24.5. The lowest BCUT2D eigenvalue weighted by atomic mass is 9.90. The summed E-state index contributed by atoms with van der Waals surface area (Å²) in [4.78, 5) is 11.2.